The molecule has 0 radical (unpaired) electrons. The zero-order valence-electron chi connectivity index (χ0n) is 12.3. The summed E-state index contributed by atoms with van der Waals surface area (Å²) in [5.74, 6) is -0.734. The van der Waals surface area contributed by atoms with Crippen LogP contribution in [0.25, 0.3) is 0 Å². The first-order chi connectivity index (χ1) is 8.24. The third-order valence-corrected chi connectivity index (χ3v) is 3.76. The van der Waals surface area contributed by atoms with E-state index >= 15 is 0 Å². The van der Waals surface area contributed by atoms with Crippen LogP contribution >= 0.6 is 0 Å². The maximum Gasteiger partial charge on any atom is 0.303 e. The maximum absolute atomic E-state index is 10.5. The monoisotopic (exact) mass is 259 g/mol. The molecule has 108 valence electrons. The Bertz CT molecular complexity index is 247. The van der Waals surface area contributed by atoms with Crippen molar-refractivity contribution in [1.29, 1.82) is 0 Å². The van der Waals surface area contributed by atoms with Gasteiger partial charge in [0.15, 0.2) is 0 Å². The molecule has 0 saturated heterocycles. The zero-order valence-corrected chi connectivity index (χ0v) is 12.3. The third-order valence-electron chi connectivity index (χ3n) is 3.76. The quantitative estimate of drug-likeness (QED) is 0.527. The highest BCUT2D eigenvalue weighted by Crippen LogP contribution is 2.26. The molecule has 0 unspecified atom stereocenters. The van der Waals surface area contributed by atoms with Crippen molar-refractivity contribution in [3.8, 4) is 0 Å². The second-order valence-corrected chi connectivity index (χ2v) is 5.92. The summed E-state index contributed by atoms with van der Waals surface area (Å²) in [7, 11) is 0. The molecule has 0 saturated carbocycles. The fraction of sp³-hybridized carbons (Fsp3) is 0.929. The summed E-state index contributed by atoms with van der Waals surface area (Å²) in [5, 5.41) is 22.0. The van der Waals surface area contributed by atoms with Gasteiger partial charge in [0.05, 0.1) is 5.60 Å². The lowest BCUT2D eigenvalue weighted by Crippen LogP contribution is -2.40. The highest BCUT2D eigenvalue weighted by atomic mass is 16.4. The van der Waals surface area contributed by atoms with Gasteiger partial charge in [0.25, 0.3) is 0 Å². The molecule has 0 aromatic heterocycles. The minimum Gasteiger partial charge on any atom is -0.481 e. The van der Waals surface area contributed by atoms with Crippen molar-refractivity contribution in [2.45, 2.75) is 65.4 Å². The molecule has 4 nitrogen and oxygen atoms in total. The molecule has 0 bridgehead atoms. The Hall–Kier alpha value is -0.610. The number of rotatable bonds is 10. The number of aliphatic carboxylic acids is 1. The Kier molecular flexibility index (Phi) is 7.48. The maximum atomic E-state index is 10.5. The van der Waals surface area contributed by atoms with E-state index in [9.17, 15) is 9.90 Å². The van der Waals surface area contributed by atoms with Crippen molar-refractivity contribution in [2.75, 3.05) is 13.1 Å². The van der Waals surface area contributed by atoms with E-state index in [1.165, 1.54) is 0 Å². The summed E-state index contributed by atoms with van der Waals surface area (Å²) in [6, 6.07) is 0. The number of nitrogens with one attached hydrogen (secondary N) is 1. The van der Waals surface area contributed by atoms with Gasteiger partial charge in [0.1, 0.15) is 0 Å². The van der Waals surface area contributed by atoms with Gasteiger partial charge >= 0.3 is 5.97 Å². The highest BCUT2D eigenvalue weighted by molar-refractivity contribution is 5.66. The molecule has 0 spiro atoms. The first-order valence-corrected chi connectivity index (χ1v) is 6.89. The van der Waals surface area contributed by atoms with Crippen molar-refractivity contribution in [2.24, 2.45) is 5.41 Å². The molecule has 4 heteroatoms. The van der Waals surface area contributed by atoms with Crippen LogP contribution in [0.4, 0.5) is 0 Å². The van der Waals surface area contributed by atoms with Gasteiger partial charge in [-0.2, -0.15) is 0 Å². The predicted molar refractivity (Wildman–Crippen MR) is 73.7 cm³/mol. The molecule has 0 atom stereocenters. The number of carboxylic acids is 1. The van der Waals surface area contributed by atoms with Crippen molar-refractivity contribution < 1.29 is 15.0 Å². The highest BCUT2D eigenvalue weighted by Gasteiger charge is 2.22. The zero-order chi connectivity index (χ0) is 14.2. The Morgan fingerprint density at radius 1 is 1.17 bits per heavy atom. The normalized spacial score (nSPS) is 12.7. The van der Waals surface area contributed by atoms with Crippen LogP contribution in [0.1, 0.15) is 59.8 Å². The van der Waals surface area contributed by atoms with Crippen molar-refractivity contribution >= 4 is 5.97 Å². The van der Waals surface area contributed by atoms with Gasteiger partial charge in [-0.15, -0.1) is 0 Å². The lowest BCUT2D eigenvalue weighted by atomic mass is 9.84. The lowest BCUT2D eigenvalue weighted by molar-refractivity contribution is -0.137. The van der Waals surface area contributed by atoms with E-state index in [1.807, 2.05) is 13.8 Å². The Labute approximate surface area is 111 Å². The van der Waals surface area contributed by atoms with Gasteiger partial charge in [-0.3, -0.25) is 4.79 Å². The Balaban J connectivity index is 3.86. The average molecular weight is 259 g/mol. The molecule has 0 aromatic rings. The van der Waals surface area contributed by atoms with E-state index in [0.29, 0.717) is 13.0 Å². The van der Waals surface area contributed by atoms with Crippen LogP contribution in [0.2, 0.25) is 0 Å². The summed E-state index contributed by atoms with van der Waals surface area (Å²) in [4.78, 5) is 10.5. The average Bonchev–Trinajstić information content (AvgIpc) is 2.32. The van der Waals surface area contributed by atoms with E-state index in [4.69, 9.17) is 5.11 Å². The van der Waals surface area contributed by atoms with Gasteiger partial charge in [-0.1, -0.05) is 27.7 Å². The summed E-state index contributed by atoms with van der Waals surface area (Å²) in [5.41, 5.74) is -0.576. The minimum absolute atomic E-state index is 0.0297. The molecular formula is C14H29NO3. The largest absolute Gasteiger partial charge is 0.481 e. The number of carboxylic acid groups (broad SMARTS) is 1. The van der Waals surface area contributed by atoms with E-state index in [0.717, 1.165) is 25.8 Å². The van der Waals surface area contributed by atoms with Crippen LogP contribution in [-0.2, 0) is 4.79 Å². The molecule has 0 rings (SSSR count). The van der Waals surface area contributed by atoms with Gasteiger partial charge in [0.2, 0.25) is 0 Å². The number of hydrogen-bond acceptors (Lipinski definition) is 3. The first kappa shape index (κ1) is 17.4. The van der Waals surface area contributed by atoms with Gasteiger partial charge in [-0.05, 0) is 37.6 Å². The standard InChI is InChI=1S/C14H29NO3/c1-5-14(18,6-2)11-15-10-9-13(3,4)8-7-12(16)17/h15,18H,5-11H2,1-4H3,(H,16,17). The van der Waals surface area contributed by atoms with Crippen LogP contribution in [0.3, 0.4) is 0 Å². The van der Waals surface area contributed by atoms with Crippen LogP contribution in [0.15, 0.2) is 0 Å². The molecule has 18 heavy (non-hydrogen) atoms. The van der Waals surface area contributed by atoms with Crippen molar-refractivity contribution in [3.05, 3.63) is 0 Å². The van der Waals surface area contributed by atoms with Crippen molar-refractivity contribution in [3.63, 3.8) is 0 Å². The molecule has 3 N–H and O–H groups in total. The molecule has 0 aliphatic carbocycles. The summed E-state index contributed by atoms with van der Waals surface area (Å²) in [6.07, 6.45) is 3.33. The van der Waals surface area contributed by atoms with Crippen LogP contribution in [-0.4, -0.2) is 34.9 Å². The fourth-order valence-corrected chi connectivity index (χ4v) is 1.82. The number of hydrogen-bond donors (Lipinski definition) is 3. The van der Waals surface area contributed by atoms with E-state index in [2.05, 4.69) is 19.2 Å². The molecule has 0 aliphatic heterocycles. The fourth-order valence-electron chi connectivity index (χ4n) is 1.82. The lowest BCUT2D eigenvalue weighted by Gasteiger charge is -2.28. The smallest absolute Gasteiger partial charge is 0.303 e. The van der Waals surface area contributed by atoms with Crippen LogP contribution in [0.5, 0.6) is 0 Å². The van der Waals surface area contributed by atoms with Gasteiger partial charge in [0, 0.05) is 13.0 Å². The Morgan fingerprint density at radius 3 is 2.17 bits per heavy atom. The summed E-state index contributed by atoms with van der Waals surface area (Å²) < 4.78 is 0. The second-order valence-electron chi connectivity index (χ2n) is 5.92. The number of aliphatic hydroxyl groups is 1. The molecular weight excluding hydrogens is 230 g/mol. The van der Waals surface area contributed by atoms with Crippen LogP contribution < -0.4 is 5.32 Å². The SMILES string of the molecule is CCC(O)(CC)CNCCC(C)(C)CCC(=O)O. The molecule has 0 amide bonds. The molecule has 0 aromatic carbocycles. The second kappa shape index (κ2) is 7.74. The molecule has 0 fully saturated rings. The van der Waals surface area contributed by atoms with Crippen LogP contribution in [0, 0.1) is 5.41 Å². The summed E-state index contributed by atoms with van der Waals surface area (Å²) in [6.45, 7) is 9.57. The van der Waals surface area contributed by atoms with E-state index in [1.54, 1.807) is 0 Å². The molecule has 0 heterocycles. The Morgan fingerprint density at radius 2 is 1.72 bits per heavy atom. The predicted octanol–water partition coefficient (Wildman–Crippen LogP) is 2.41. The first-order valence-electron chi connectivity index (χ1n) is 6.89. The van der Waals surface area contributed by atoms with E-state index in [-0.39, 0.29) is 11.8 Å². The van der Waals surface area contributed by atoms with Gasteiger partial charge in [-0.25, -0.2) is 0 Å². The summed E-state index contributed by atoms with van der Waals surface area (Å²) >= 11 is 0. The topological polar surface area (TPSA) is 69.6 Å². The number of carbonyl (C=O) groups is 1. The van der Waals surface area contributed by atoms with Gasteiger partial charge < -0.3 is 15.5 Å². The molecule has 0 aliphatic rings. The third kappa shape index (κ3) is 7.67. The van der Waals surface area contributed by atoms with Crippen molar-refractivity contribution in [1.82, 2.24) is 5.32 Å². The van der Waals surface area contributed by atoms with E-state index < -0.39 is 11.6 Å². The minimum atomic E-state index is -0.734.